The average Bonchev–Trinajstić information content (AvgIpc) is 3.03. The molecule has 0 aliphatic carbocycles. The zero-order valence-electron chi connectivity index (χ0n) is 13.1. The predicted octanol–water partition coefficient (Wildman–Crippen LogP) is 3.57. The number of benzene rings is 2. The van der Waals surface area contributed by atoms with Crippen LogP contribution in [0.4, 0.5) is 0 Å². The third kappa shape index (κ3) is 3.56. The van der Waals surface area contributed by atoms with Gasteiger partial charge in [-0.1, -0.05) is 74.5 Å². The second kappa shape index (κ2) is 7.07. The second-order valence-corrected chi connectivity index (χ2v) is 8.11. The van der Waals surface area contributed by atoms with E-state index in [4.69, 9.17) is 9.73 Å². The molecule has 0 saturated carbocycles. The summed E-state index contributed by atoms with van der Waals surface area (Å²) in [5.74, 6) is 1.47. The lowest BCUT2D eigenvalue weighted by atomic mass is 10.1. The molecule has 0 amide bonds. The minimum absolute atomic E-state index is 0.318. The quantitative estimate of drug-likeness (QED) is 0.774. The van der Waals surface area contributed by atoms with E-state index in [2.05, 4.69) is 74.5 Å². The molecule has 2 aromatic rings. The number of nitrogens with zero attached hydrogens (tertiary/aromatic N) is 1. The molecular weight excluding hydrogens is 289 g/mol. The molecule has 0 fully saturated rings. The molecule has 1 atom stereocenters. The Balaban J connectivity index is 1.86. The van der Waals surface area contributed by atoms with E-state index in [0.29, 0.717) is 12.0 Å². The van der Waals surface area contributed by atoms with Gasteiger partial charge in [0.05, 0.1) is 12.2 Å². The summed E-state index contributed by atoms with van der Waals surface area (Å²) >= 11 is 0. The topological polar surface area (TPSA) is 21.6 Å². The highest BCUT2D eigenvalue weighted by Gasteiger charge is 2.25. The van der Waals surface area contributed by atoms with Crippen LogP contribution in [0.15, 0.2) is 65.7 Å². The van der Waals surface area contributed by atoms with Gasteiger partial charge in [-0.25, -0.2) is 4.99 Å². The highest BCUT2D eigenvalue weighted by Crippen LogP contribution is 2.34. The maximum atomic E-state index is 5.87. The van der Waals surface area contributed by atoms with E-state index >= 15 is 0 Å². The van der Waals surface area contributed by atoms with Crippen LogP contribution in [0.1, 0.15) is 13.8 Å². The number of hydrogen-bond acceptors (Lipinski definition) is 2. The first kappa shape index (κ1) is 15.2. The minimum Gasteiger partial charge on any atom is -0.478 e. The van der Waals surface area contributed by atoms with Crippen LogP contribution in [0.5, 0.6) is 0 Å². The fourth-order valence-electron chi connectivity index (χ4n) is 2.55. The summed E-state index contributed by atoms with van der Waals surface area (Å²) in [5, 5.41) is 2.76. The molecule has 2 nitrogen and oxygen atoms in total. The van der Waals surface area contributed by atoms with Gasteiger partial charge in [0.2, 0.25) is 0 Å². The van der Waals surface area contributed by atoms with Crippen molar-refractivity contribution in [2.24, 2.45) is 10.9 Å². The average molecular weight is 311 g/mol. The van der Waals surface area contributed by atoms with Crippen molar-refractivity contribution >= 4 is 24.4 Å². The van der Waals surface area contributed by atoms with Gasteiger partial charge in [0.15, 0.2) is 5.90 Å². The summed E-state index contributed by atoms with van der Waals surface area (Å²) in [7, 11) is -0.456. The van der Waals surface area contributed by atoms with Gasteiger partial charge in [-0.2, -0.15) is 0 Å². The Morgan fingerprint density at radius 3 is 2.00 bits per heavy atom. The fourth-order valence-corrected chi connectivity index (χ4v) is 4.72. The summed E-state index contributed by atoms with van der Waals surface area (Å²) in [5.41, 5.74) is 0. The van der Waals surface area contributed by atoms with Crippen molar-refractivity contribution in [3.63, 3.8) is 0 Å². The Labute approximate surface area is 134 Å². The molecule has 0 unspecified atom stereocenters. The first-order chi connectivity index (χ1) is 10.7. The maximum Gasteiger partial charge on any atom is 0.188 e. The fraction of sp³-hybridized carbons (Fsp3) is 0.316. The normalized spacial score (nSPS) is 17.6. The molecule has 3 rings (SSSR count). The monoisotopic (exact) mass is 311 g/mol. The summed E-state index contributed by atoms with van der Waals surface area (Å²) in [6.45, 7) is 5.15. The van der Waals surface area contributed by atoms with Crippen molar-refractivity contribution in [1.82, 2.24) is 0 Å². The van der Waals surface area contributed by atoms with Crippen molar-refractivity contribution in [3.05, 3.63) is 60.7 Å². The van der Waals surface area contributed by atoms with E-state index in [1.165, 1.54) is 10.6 Å². The van der Waals surface area contributed by atoms with Gasteiger partial charge >= 0.3 is 0 Å². The minimum atomic E-state index is -0.456. The van der Waals surface area contributed by atoms with Gasteiger partial charge in [0.1, 0.15) is 6.61 Å². The smallest absolute Gasteiger partial charge is 0.188 e. The summed E-state index contributed by atoms with van der Waals surface area (Å²) in [6, 6.07) is 21.8. The van der Waals surface area contributed by atoms with Crippen LogP contribution in [-0.4, -0.2) is 24.7 Å². The first-order valence-electron chi connectivity index (χ1n) is 7.81. The number of ether oxygens (including phenoxy) is 1. The van der Waals surface area contributed by atoms with Crippen molar-refractivity contribution < 1.29 is 4.74 Å². The van der Waals surface area contributed by atoms with Crippen molar-refractivity contribution in [2.75, 3.05) is 12.8 Å². The van der Waals surface area contributed by atoms with Crippen LogP contribution < -0.4 is 10.6 Å². The molecule has 1 aliphatic heterocycles. The van der Waals surface area contributed by atoms with Crippen LogP contribution in [0.25, 0.3) is 0 Å². The van der Waals surface area contributed by atoms with Crippen LogP contribution in [0, 0.1) is 5.92 Å². The van der Waals surface area contributed by atoms with E-state index in [9.17, 15) is 0 Å². The van der Waals surface area contributed by atoms with Crippen molar-refractivity contribution in [3.8, 4) is 0 Å². The Morgan fingerprint density at radius 1 is 1.00 bits per heavy atom. The largest absolute Gasteiger partial charge is 0.478 e. The highest BCUT2D eigenvalue weighted by molar-refractivity contribution is 7.73. The van der Waals surface area contributed by atoms with Gasteiger partial charge < -0.3 is 4.74 Å². The Hall–Kier alpha value is -1.66. The number of hydrogen-bond donors (Lipinski definition) is 0. The zero-order chi connectivity index (χ0) is 15.4. The molecule has 1 heterocycles. The van der Waals surface area contributed by atoms with Crippen LogP contribution >= 0.6 is 7.92 Å². The molecular formula is C19H22NOP. The third-order valence-electron chi connectivity index (χ3n) is 3.93. The highest BCUT2D eigenvalue weighted by atomic mass is 31.1. The van der Waals surface area contributed by atoms with E-state index in [1.54, 1.807) is 0 Å². The molecule has 0 radical (unpaired) electrons. The molecule has 0 aromatic heterocycles. The maximum absolute atomic E-state index is 5.87. The van der Waals surface area contributed by atoms with Gasteiger partial charge in [-0.3, -0.25) is 0 Å². The Kier molecular flexibility index (Phi) is 4.90. The molecule has 0 saturated heterocycles. The molecule has 3 heteroatoms. The molecule has 2 aromatic carbocycles. The molecule has 22 heavy (non-hydrogen) atoms. The number of aliphatic imine (C=N–C) groups is 1. The number of rotatable bonds is 5. The van der Waals surface area contributed by atoms with Crippen LogP contribution in [-0.2, 0) is 4.74 Å². The Morgan fingerprint density at radius 2 is 1.55 bits per heavy atom. The molecule has 0 bridgehead atoms. The van der Waals surface area contributed by atoms with Gasteiger partial charge in [-0.05, 0) is 24.4 Å². The van der Waals surface area contributed by atoms with Crippen LogP contribution in [0.3, 0.4) is 0 Å². The van der Waals surface area contributed by atoms with Crippen LogP contribution in [0.2, 0.25) is 0 Å². The SMILES string of the molecule is CC(C)[C@H]1COC(CP(c2ccccc2)c2ccccc2)=N1. The Bertz CT molecular complexity index is 585. The standard InChI is InChI=1S/C19H22NOP/c1-15(2)18-13-21-19(20-18)14-22(16-9-5-3-6-10-16)17-11-7-4-8-12-17/h3-12,15,18H,13-14H2,1-2H3/t18-/m1/s1. The summed E-state index contributed by atoms with van der Waals surface area (Å²) < 4.78 is 5.87. The summed E-state index contributed by atoms with van der Waals surface area (Å²) in [4.78, 5) is 4.79. The first-order valence-corrected chi connectivity index (χ1v) is 9.34. The van der Waals surface area contributed by atoms with Gasteiger partial charge in [0, 0.05) is 0 Å². The predicted molar refractivity (Wildman–Crippen MR) is 96.0 cm³/mol. The second-order valence-electron chi connectivity index (χ2n) is 5.90. The van der Waals surface area contributed by atoms with E-state index in [0.717, 1.165) is 18.7 Å². The molecule has 0 N–H and O–H groups in total. The van der Waals surface area contributed by atoms with E-state index < -0.39 is 7.92 Å². The summed E-state index contributed by atoms with van der Waals surface area (Å²) in [6.07, 6.45) is 0.895. The lowest BCUT2D eigenvalue weighted by molar-refractivity contribution is 0.290. The zero-order valence-corrected chi connectivity index (χ0v) is 14.0. The van der Waals surface area contributed by atoms with E-state index in [-0.39, 0.29) is 0 Å². The molecule has 1 aliphatic rings. The van der Waals surface area contributed by atoms with Crippen molar-refractivity contribution in [2.45, 2.75) is 19.9 Å². The molecule has 0 spiro atoms. The van der Waals surface area contributed by atoms with Crippen molar-refractivity contribution in [1.29, 1.82) is 0 Å². The molecule has 114 valence electrons. The van der Waals surface area contributed by atoms with Gasteiger partial charge in [-0.15, -0.1) is 0 Å². The lowest BCUT2D eigenvalue weighted by Gasteiger charge is -2.18. The lowest BCUT2D eigenvalue weighted by Crippen LogP contribution is -2.18. The third-order valence-corrected chi connectivity index (χ3v) is 6.36. The van der Waals surface area contributed by atoms with E-state index in [1.807, 2.05) is 0 Å². The van der Waals surface area contributed by atoms with Gasteiger partial charge in [0.25, 0.3) is 0 Å².